The second-order valence-corrected chi connectivity index (χ2v) is 12.7. The van der Waals surface area contributed by atoms with Crippen molar-refractivity contribution in [3.63, 3.8) is 0 Å². The highest BCUT2D eigenvalue weighted by molar-refractivity contribution is 8.00. The van der Waals surface area contributed by atoms with Gasteiger partial charge >= 0.3 is 5.97 Å². The van der Waals surface area contributed by atoms with Gasteiger partial charge in [0.2, 0.25) is 0 Å². The predicted octanol–water partition coefficient (Wildman–Crippen LogP) is 5.95. The largest absolute Gasteiger partial charge is 0.482 e. The minimum Gasteiger partial charge on any atom is -0.482 e. The molecular weight excluding hydrogens is 490 g/mol. The Morgan fingerprint density at radius 3 is 2.53 bits per heavy atom. The first-order chi connectivity index (χ1) is 16.2. The van der Waals surface area contributed by atoms with Gasteiger partial charge in [-0.15, -0.1) is 23.1 Å². The van der Waals surface area contributed by atoms with Gasteiger partial charge in [0.05, 0.1) is 0 Å². The lowest BCUT2D eigenvalue weighted by molar-refractivity contribution is -0.139. The van der Waals surface area contributed by atoms with E-state index in [1.165, 1.54) is 11.3 Å². The van der Waals surface area contributed by atoms with E-state index in [0.717, 1.165) is 39.0 Å². The maximum absolute atomic E-state index is 13.7. The predicted molar refractivity (Wildman–Crippen MR) is 140 cm³/mol. The number of aliphatic carboxylic acids is 1. The molecule has 3 rings (SSSR count). The molecule has 0 saturated heterocycles. The van der Waals surface area contributed by atoms with E-state index in [1.54, 1.807) is 22.1 Å². The summed E-state index contributed by atoms with van der Waals surface area (Å²) in [4.78, 5) is 11.8. The molecule has 0 unspecified atom stereocenters. The molecule has 0 saturated carbocycles. The number of hydrogen-bond acceptors (Lipinski definition) is 6. The molecule has 1 atom stereocenters. The van der Waals surface area contributed by atoms with Gasteiger partial charge in [0, 0.05) is 27.9 Å². The molecule has 1 N–H and O–H groups in total. The number of nitrogens with zero attached hydrogens (tertiary/aromatic N) is 1. The fourth-order valence-electron chi connectivity index (χ4n) is 3.74. The topological polar surface area (TPSA) is 83.9 Å². The number of carbonyl (C=O) groups is 1. The second-order valence-electron chi connectivity index (χ2n) is 8.13. The molecule has 34 heavy (non-hydrogen) atoms. The Balaban J connectivity index is 1.81. The highest BCUT2D eigenvalue weighted by Gasteiger charge is 2.30. The lowest BCUT2D eigenvalue weighted by atomic mass is 10.2. The number of aryl methyl sites for hydroxylation is 2. The average Bonchev–Trinajstić information content (AvgIpc) is 3.15. The van der Waals surface area contributed by atoms with Gasteiger partial charge in [0.25, 0.3) is 10.0 Å². The Morgan fingerprint density at radius 1 is 1.18 bits per heavy atom. The Labute approximate surface area is 210 Å². The second kappa shape index (κ2) is 11.6. The van der Waals surface area contributed by atoms with Gasteiger partial charge in [-0.25, -0.2) is 13.2 Å². The standard InChI is InChI=1S/C25H31NO5S3/c1-5-13-26(34(29,30)25-18(4)21-9-7-8-10-23(21)33-25)15-19(6-2)32-20-11-12-22(17(3)14-20)31-16-24(27)28/h7-12,14,19H,5-6,13,15-16H2,1-4H3,(H,27,28)/t19-/m1/s1. The van der Waals surface area contributed by atoms with Crippen molar-refractivity contribution in [2.24, 2.45) is 0 Å². The molecule has 0 amide bonds. The molecule has 0 fully saturated rings. The van der Waals surface area contributed by atoms with Crippen molar-refractivity contribution in [2.45, 2.75) is 54.9 Å². The molecule has 0 spiro atoms. The number of thioether (sulfide) groups is 1. The number of benzene rings is 2. The molecule has 0 aliphatic heterocycles. The van der Waals surface area contributed by atoms with Crippen molar-refractivity contribution in [3.8, 4) is 5.75 Å². The van der Waals surface area contributed by atoms with E-state index < -0.39 is 16.0 Å². The van der Waals surface area contributed by atoms with Gasteiger partial charge in [-0.05, 0) is 67.5 Å². The fourth-order valence-corrected chi connectivity index (χ4v) is 8.51. The molecule has 0 radical (unpaired) electrons. The zero-order valence-electron chi connectivity index (χ0n) is 19.9. The zero-order valence-corrected chi connectivity index (χ0v) is 22.4. The van der Waals surface area contributed by atoms with Crippen LogP contribution in [-0.4, -0.2) is 48.7 Å². The molecule has 2 aromatic carbocycles. The minimum atomic E-state index is -3.62. The van der Waals surface area contributed by atoms with E-state index >= 15 is 0 Å². The minimum absolute atomic E-state index is 0.0706. The number of carboxylic acids is 1. The van der Waals surface area contributed by atoms with Gasteiger partial charge in [-0.3, -0.25) is 0 Å². The third-order valence-corrected chi connectivity index (χ3v) is 10.6. The number of thiophene rings is 1. The van der Waals surface area contributed by atoms with Crippen molar-refractivity contribution in [1.82, 2.24) is 4.31 Å². The summed E-state index contributed by atoms with van der Waals surface area (Å²) in [6.45, 7) is 8.32. The van der Waals surface area contributed by atoms with Gasteiger partial charge in [-0.1, -0.05) is 32.0 Å². The molecule has 3 aromatic rings. The molecule has 0 bridgehead atoms. The molecular formula is C25H31NO5S3. The summed E-state index contributed by atoms with van der Waals surface area (Å²) in [5.41, 5.74) is 1.66. The van der Waals surface area contributed by atoms with Crippen molar-refractivity contribution >= 4 is 49.2 Å². The molecule has 9 heteroatoms. The lowest BCUT2D eigenvalue weighted by Gasteiger charge is -2.26. The van der Waals surface area contributed by atoms with E-state index in [0.29, 0.717) is 23.0 Å². The number of hydrogen-bond donors (Lipinski definition) is 1. The third-order valence-electron chi connectivity index (χ3n) is 5.51. The van der Waals surface area contributed by atoms with Crippen LogP contribution < -0.4 is 4.74 Å². The number of sulfonamides is 1. The average molecular weight is 522 g/mol. The van der Waals surface area contributed by atoms with Gasteiger partial charge in [0.15, 0.2) is 6.61 Å². The first kappa shape index (κ1) is 26.5. The van der Waals surface area contributed by atoms with Gasteiger partial charge in [0.1, 0.15) is 9.96 Å². The van der Waals surface area contributed by atoms with Gasteiger partial charge < -0.3 is 9.84 Å². The number of ether oxygens (including phenoxy) is 1. The normalized spacial score (nSPS) is 12.9. The fraction of sp³-hybridized carbons (Fsp3) is 0.400. The van der Waals surface area contributed by atoms with Crippen LogP contribution in [0.5, 0.6) is 5.75 Å². The molecule has 184 valence electrons. The number of rotatable bonds is 12. The SMILES string of the molecule is CCCN(C[C@@H](CC)Sc1ccc(OCC(=O)O)c(C)c1)S(=O)(=O)c1sc2ccccc2c1C. The monoisotopic (exact) mass is 521 g/mol. The van der Waals surface area contributed by atoms with E-state index in [1.807, 2.05) is 57.2 Å². The quantitative estimate of drug-likeness (QED) is 0.296. The van der Waals surface area contributed by atoms with Crippen LogP contribution in [0.3, 0.4) is 0 Å². The van der Waals surface area contributed by atoms with Crippen LogP contribution in [0.15, 0.2) is 51.6 Å². The van der Waals surface area contributed by atoms with Crippen molar-refractivity contribution in [3.05, 3.63) is 53.6 Å². The van der Waals surface area contributed by atoms with Crippen LogP contribution in [0.4, 0.5) is 0 Å². The molecule has 6 nitrogen and oxygen atoms in total. The number of fused-ring (bicyclic) bond motifs is 1. The van der Waals surface area contributed by atoms with E-state index in [-0.39, 0.29) is 11.9 Å². The summed E-state index contributed by atoms with van der Waals surface area (Å²) in [5.74, 6) is -0.481. The van der Waals surface area contributed by atoms with E-state index in [9.17, 15) is 13.2 Å². The smallest absolute Gasteiger partial charge is 0.341 e. The zero-order chi connectivity index (χ0) is 24.9. The molecule has 1 aromatic heterocycles. The summed E-state index contributed by atoms with van der Waals surface area (Å²) in [7, 11) is -3.62. The Morgan fingerprint density at radius 2 is 1.91 bits per heavy atom. The van der Waals surface area contributed by atoms with E-state index in [2.05, 4.69) is 6.92 Å². The first-order valence-corrected chi connectivity index (χ1v) is 14.4. The molecule has 1 heterocycles. The van der Waals surface area contributed by atoms with Crippen LogP contribution in [0.2, 0.25) is 0 Å². The van der Waals surface area contributed by atoms with Crippen LogP contribution in [-0.2, 0) is 14.8 Å². The summed E-state index contributed by atoms with van der Waals surface area (Å²) in [6, 6.07) is 13.4. The maximum Gasteiger partial charge on any atom is 0.341 e. The highest BCUT2D eigenvalue weighted by atomic mass is 32.2. The highest BCUT2D eigenvalue weighted by Crippen LogP contribution is 2.37. The van der Waals surface area contributed by atoms with Crippen LogP contribution in [0, 0.1) is 13.8 Å². The van der Waals surface area contributed by atoms with Crippen molar-refractivity contribution in [2.75, 3.05) is 19.7 Å². The number of carboxylic acid groups (broad SMARTS) is 1. The summed E-state index contributed by atoms with van der Waals surface area (Å²) < 4.78 is 35.8. The Kier molecular flexibility index (Phi) is 9.03. The van der Waals surface area contributed by atoms with Crippen LogP contribution in [0.1, 0.15) is 37.8 Å². The Hall–Kier alpha value is -2.07. The summed E-state index contributed by atoms with van der Waals surface area (Å²) >= 11 is 2.98. The molecule has 0 aliphatic carbocycles. The van der Waals surface area contributed by atoms with E-state index in [4.69, 9.17) is 9.84 Å². The lowest BCUT2D eigenvalue weighted by Crippen LogP contribution is -2.37. The maximum atomic E-state index is 13.7. The van der Waals surface area contributed by atoms with Gasteiger partial charge in [-0.2, -0.15) is 4.31 Å². The van der Waals surface area contributed by atoms with Crippen molar-refractivity contribution < 1.29 is 23.1 Å². The third kappa shape index (κ3) is 6.13. The summed E-state index contributed by atoms with van der Waals surface area (Å²) in [6.07, 6.45) is 1.54. The molecule has 0 aliphatic rings. The van der Waals surface area contributed by atoms with Crippen molar-refractivity contribution in [1.29, 1.82) is 0 Å². The summed E-state index contributed by atoms with van der Waals surface area (Å²) in [5, 5.41) is 9.88. The first-order valence-electron chi connectivity index (χ1n) is 11.3. The van der Waals surface area contributed by atoms with Crippen LogP contribution in [0.25, 0.3) is 10.1 Å². The Bertz CT molecular complexity index is 1250. The van der Waals surface area contributed by atoms with Crippen LogP contribution >= 0.6 is 23.1 Å².